The highest BCUT2D eigenvalue weighted by Crippen LogP contribution is 2.61. The molecule has 4 rings (SSSR count). The van der Waals surface area contributed by atoms with Crippen LogP contribution in [0.5, 0.6) is 0 Å². The Morgan fingerprint density at radius 1 is 0.724 bits per heavy atom. The molecule has 9 heteroatoms. The lowest BCUT2D eigenvalue weighted by atomic mass is 9.48. The molecule has 0 saturated heterocycles. The van der Waals surface area contributed by atoms with Gasteiger partial charge in [-0.05, 0) is 74.5 Å². The largest absolute Gasteiger partial charge is 0.423 e. The Hall–Kier alpha value is -0.600. The zero-order valence-electron chi connectivity index (χ0n) is 16.4. The minimum atomic E-state index is -5.70. The van der Waals surface area contributed by atoms with Crippen LogP contribution in [0.3, 0.4) is 0 Å². The van der Waals surface area contributed by atoms with Gasteiger partial charge in [-0.25, -0.2) is 4.74 Å². The molecule has 0 radical (unpaired) electrons. The molecule has 0 aromatic carbocycles. The van der Waals surface area contributed by atoms with Gasteiger partial charge < -0.3 is 0 Å². The molecule has 0 aliphatic heterocycles. The van der Waals surface area contributed by atoms with Crippen LogP contribution in [0, 0.1) is 23.2 Å². The molecule has 0 aromatic rings. The van der Waals surface area contributed by atoms with Crippen LogP contribution in [-0.2, 0) is 4.74 Å². The van der Waals surface area contributed by atoms with Crippen molar-refractivity contribution in [1.29, 1.82) is 0 Å². The second kappa shape index (κ2) is 7.52. The van der Waals surface area contributed by atoms with E-state index >= 15 is 0 Å². The summed E-state index contributed by atoms with van der Waals surface area (Å²) in [5.41, 5.74) is 0.249. The van der Waals surface area contributed by atoms with E-state index in [0.29, 0.717) is 6.42 Å². The molecular weight excluding hydrogens is 408 g/mol. The Bertz CT molecular complexity index is 548. The number of alkyl halides is 8. The summed E-state index contributed by atoms with van der Waals surface area (Å²) in [5, 5.41) is 0. The highest BCUT2D eigenvalue weighted by molar-refractivity contribution is 5.01. The van der Waals surface area contributed by atoms with Crippen molar-refractivity contribution in [3.05, 3.63) is 0 Å². The number of unbranched alkanes of at least 4 members (excludes halogenated alkanes) is 2. The normalized spacial score (nSPS) is 32.8. The molecule has 0 spiro atoms. The average Bonchev–Trinajstić information content (AvgIpc) is 2.50. The molecule has 29 heavy (non-hydrogen) atoms. The van der Waals surface area contributed by atoms with E-state index in [1.54, 1.807) is 0 Å². The van der Waals surface area contributed by atoms with Gasteiger partial charge in [-0.2, -0.15) is 35.1 Å². The fourth-order valence-corrected chi connectivity index (χ4v) is 6.09. The smallest absolute Gasteiger partial charge is 0.246 e. The second-order valence-electron chi connectivity index (χ2n) is 9.71. The van der Waals surface area contributed by atoms with Gasteiger partial charge in [0.15, 0.2) is 0 Å². The van der Waals surface area contributed by atoms with E-state index in [2.05, 4.69) is 4.74 Å². The number of hydrogen-bond donors (Lipinski definition) is 0. The SMILES string of the molecule is CC(F)(F)C(F)(F)OC(F)(F)C(F)(F)CCCCCC12CC3CC(CC(C3)C1)C2. The van der Waals surface area contributed by atoms with Gasteiger partial charge in [0.05, 0.1) is 0 Å². The third-order valence-corrected chi connectivity index (χ3v) is 7.06. The maximum absolute atomic E-state index is 13.7. The van der Waals surface area contributed by atoms with Gasteiger partial charge in [0.25, 0.3) is 0 Å². The summed E-state index contributed by atoms with van der Waals surface area (Å²) in [7, 11) is 0. The predicted molar refractivity (Wildman–Crippen MR) is 90.2 cm³/mol. The van der Waals surface area contributed by atoms with Gasteiger partial charge in [0.2, 0.25) is 0 Å². The lowest BCUT2D eigenvalue weighted by Gasteiger charge is -2.57. The Balaban J connectivity index is 1.44. The van der Waals surface area contributed by atoms with Gasteiger partial charge in [-0.3, -0.25) is 0 Å². The van der Waals surface area contributed by atoms with E-state index in [4.69, 9.17) is 0 Å². The van der Waals surface area contributed by atoms with Crippen LogP contribution in [0.25, 0.3) is 0 Å². The highest BCUT2D eigenvalue weighted by atomic mass is 19.3. The predicted octanol–water partition coefficient (Wildman–Crippen LogP) is 7.65. The minimum absolute atomic E-state index is 0.249. The summed E-state index contributed by atoms with van der Waals surface area (Å²) in [6.07, 6.45) is -4.05. The molecule has 1 nitrogen and oxygen atoms in total. The van der Waals surface area contributed by atoms with Crippen molar-refractivity contribution in [1.82, 2.24) is 0 Å². The molecule has 4 aliphatic rings. The highest BCUT2D eigenvalue weighted by Gasteiger charge is 2.67. The van der Waals surface area contributed by atoms with Crippen molar-refractivity contribution in [2.24, 2.45) is 23.2 Å². The van der Waals surface area contributed by atoms with Crippen molar-refractivity contribution in [3.8, 4) is 0 Å². The molecule has 0 heterocycles. The van der Waals surface area contributed by atoms with Gasteiger partial charge in [-0.1, -0.05) is 12.8 Å². The van der Waals surface area contributed by atoms with E-state index in [-0.39, 0.29) is 25.2 Å². The lowest BCUT2D eigenvalue weighted by Crippen LogP contribution is -2.52. The van der Waals surface area contributed by atoms with Crippen LogP contribution in [0.4, 0.5) is 35.1 Å². The fourth-order valence-electron chi connectivity index (χ4n) is 6.09. The fraction of sp³-hybridized carbons (Fsp3) is 1.00. The van der Waals surface area contributed by atoms with E-state index in [9.17, 15) is 35.1 Å². The minimum Gasteiger partial charge on any atom is -0.246 e. The Kier molecular flexibility index (Phi) is 5.98. The molecule has 0 atom stereocenters. The molecule has 0 amide bonds. The summed E-state index contributed by atoms with van der Waals surface area (Å²) < 4.78 is 108. The van der Waals surface area contributed by atoms with Gasteiger partial charge in [0.1, 0.15) is 0 Å². The summed E-state index contributed by atoms with van der Waals surface area (Å²) in [6, 6.07) is 0. The third-order valence-electron chi connectivity index (χ3n) is 7.06. The molecule has 170 valence electrons. The zero-order valence-corrected chi connectivity index (χ0v) is 16.4. The number of ether oxygens (including phenoxy) is 1. The van der Waals surface area contributed by atoms with Crippen LogP contribution < -0.4 is 0 Å². The van der Waals surface area contributed by atoms with Crippen molar-refractivity contribution in [3.63, 3.8) is 0 Å². The van der Waals surface area contributed by atoms with Crippen LogP contribution in [-0.4, -0.2) is 24.1 Å². The average molecular weight is 436 g/mol. The molecule has 0 N–H and O–H groups in total. The van der Waals surface area contributed by atoms with E-state index < -0.39 is 30.5 Å². The molecule has 0 unspecified atom stereocenters. The summed E-state index contributed by atoms with van der Waals surface area (Å²) in [4.78, 5) is 0. The maximum atomic E-state index is 13.7. The summed E-state index contributed by atoms with van der Waals surface area (Å²) in [5.74, 6) is -7.72. The summed E-state index contributed by atoms with van der Waals surface area (Å²) >= 11 is 0. The van der Waals surface area contributed by atoms with Crippen molar-refractivity contribution < 1.29 is 39.9 Å². The van der Waals surface area contributed by atoms with Crippen LogP contribution in [0.2, 0.25) is 0 Å². The first-order valence-corrected chi connectivity index (χ1v) is 10.4. The number of rotatable bonds is 10. The maximum Gasteiger partial charge on any atom is 0.423 e. The third kappa shape index (κ3) is 4.85. The second-order valence-corrected chi connectivity index (χ2v) is 9.71. The first-order valence-electron chi connectivity index (χ1n) is 10.4. The molecule has 0 aromatic heterocycles. The molecular formula is C20H28F8O. The Morgan fingerprint density at radius 2 is 1.21 bits per heavy atom. The van der Waals surface area contributed by atoms with Crippen molar-refractivity contribution >= 4 is 0 Å². The molecule has 4 saturated carbocycles. The van der Waals surface area contributed by atoms with E-state index in [1.807, 2.05) is 0 Å². The van der Waals surface area contributed by atoms with Gasteiger partial charge in [0, 0.05) is 13.3 Å². The van der Waals surface area contributed by atoms with Gasteiger partial charge >= 0.3 is 24.1 Å². The van der Waals surface area contributed by atoms with Crippen molar-refractivity contribution in [2.45, 2.75) is 102 Å². The van der Waals surface area contributed by atoms with Crippen LogP contribution in [0.15, 0.2) is 0 Å². The molecule has 4 aliphatic carbocycles. The van der Waals surface area contributed by atoms with Crippen molar-refractivity contribution in [2.75, 3.05) is 0 Å². The monoisotopic (exact) mass is 436 g/mol. The van der Waals surface area contributed by atoms with Crippen LogP contribution in [0.1, 0.15) is 77.6 Å². The zero-order chi connectivity index (χ0) is 21.7. The van der Waals surface area contributed by atoms with E-state index in [1.165, 1.54) is 19.3 Å². The topological polar surface area (TPSA) is 9.23 Å². The lowest BCUT2D eigenvalue weighted by molar-refractivity contribution is -0.465. The standard InChI is InChI=1S/C20H28F8O/c1-16(21,22)19(25,26)29-20(27,28)18(23,24)6-4-2-3-5-17-10-13-7-14(11-17)9-15(8-13)12-17/h13-15H,2-12H2,1H3. The van der Waals surface area contributed by atoms with Crippen LogP contribution >= 0.6 is 0 Å². The Labute approximate surface area is 165 Å². The number of hydrogen-bond acceptors (Lipinski definition) is 1. The first-order chi connectivity index (χ1) is 13.1. The summed E-state index contributed by atoms with van der Waals surface area (Å²) in [6.45, 7) is -0.369. The first kappa shape index (κ1) is 23.1. The number of halogens is 8. The van der Waals surface area contributed by atoms with Gasteiger partial charge in [-0.15, -0.1) is 0 Å². The quantitative estimate of drug-likeness (QED) is 0.252. The Morgan fingerprint density at radius 3 is 1.66 bits per heavy atom. The molecule has 4 fully saturated rings. The molecule has 4 bridgehead atoms. The van der Waals surface area contributed by atoms with E-state index in [0.717, 1.165) is 43.4 Å².